The van der Waals surface area contributed by atoms with Gasteiger partial charge in [0, 0.05) is 9.75 Å². The minimum absolute atomic E-state index is 0.0727. The summed E-state index contributed by atoms with van der Waals surface area (Å²) in [5.41, 5.74) is 5.98. The molecule has 2 aromatic rings. The zero-order valence-corrected chi connectivity index (χ0v) is 12.5. The highest BCUT2D eigenvalue weighted by Gasteiger charge is 2.21. The monoisotopic (exact) mass is 294 g/mol. The van der Waals surface area contributed by atoms with Gasteiger partial charge in [0.1, 0.15) is 6.04 Å². The lowest BCUT2D eigenvalue weighted by Crippen LogP contribution is -2.36. The van der Waals surface area contributed by atoms with Crippen molar-refractivity contribution in [3.05, 3.63) is 44.8 Å². The number of hydrogen-bond acceptors (Lipinski definition) is 4. The second kappa shape index (κ2) is 6.84. The summed E-state index contributed by atoms with van der Waals surface area (Å²) in [5.74, 6) is -0.103. The van der Waals surface area contributed by atoms with Crippen LogP contribution in [-0.4, -0.2) is 5.91 Å². The van der Waals surface area contributed by atoms with Crippen molar-refractivity contribution in [2.75, 3.05) is 0 Å². The summed E-state index contributed by atoms with van der Waals surface area (Å²) >= 11 is 3.18. The fraction of sp³-hybridized carbons (Fsp3) is 0.357. The molecule has 0 radical (unpaired) electrons. The Bertz CT molecular complexity index is 494. The highest BCUT2D eigenvalue weighted by molar-refractivity contribution is 7.10. The molecule has 0 aliphatic heterocycles. The summed E-state index contributed by atoms with van der Waals surface area (Å²) in [5, 5.41) is 7.03. The van der Waals surface area contributed by atoms with Crippen LogP contribution in [-0.2, 0) is 4.79 Å². The summed E-state index contributed by atoms with van der Waals surface area (Å²) in [4.78, 5) is 14.3. The van der Waals surface area contributed by atoms with Crippen molar-refractivity contribution in [2.45, 2.75) is 31.8 Å². The SMILES string of the molecule is CCCC(NC(=O)C(N)c1cccs1)c1cccs1. The van der Waals surface area contributed by atoms with E-state index in [1.165, 1.54) is 16.2 Å². The molecule has 0 aliphatic rings. The van der Waals surface area contributed by atoms with Crippen LogP contribution in [0.5, 0.6) is 0 Å². The predicted molar refractivity (Wildman–Crippen MR) is 81.4 cm³/mol. The number of rotatable bonds is 6. The Morgan fingerprint density at radius 3 is 2.42 bits per heavy atom. The molecule has 102 valence electrons. The molecule has 2 unspecified atom stereocenters. The first-order chi connectivity index (χ1) is 9.22. The van der Waals surface area contributed by atoms with E-state index in [1.807, 2.05) is 29.0 Å². The Labute approximate surface area is 121 Å². The lowest BCUT2D eigenvalue weighted by atomic mass is 10.1. The van der Waals surface area contributed by atoms with Crippen molar-refractivity contribution in [1.82, 2.24) is 5.32 Å². The molecule has 3 N–H and O–H groups in total. The van der Waals surface area contributed by atoms with Crippen molar-refractivity contribution in [2.24, 2.45) is 5.73 Å². The largest absolute Gasteiger partial charge is 0.347 e. The van der Waals surface area contributed by atoms with E-state index >= 15 is 0 Å². The Hall–Kier alpha value is -1.17. The molecule has 0 spiro atoms. The molecule has 2 aromatic heterocycles. The standard InChI is InChI=1S/C14H18N2OS2/c1-2-5-10(11-6-3-8-18-11)16-14(17)13(15)12-7-4-9-19-12/h3-4,6-10,13H,2,5,15H2,1H3,(H,16,17). The van der Waals surface area contributed by atoms with Gasteiger partial charge >= 0.3 is 0 Å². The van der Waals surface area contributed by atoms with Crippen LogP contribution in [0.1, 0.15) is 41.6 Å². The molecule has 0 saturated heterocycles. The maximum atomic E-state index is 12.2. The van der Waals surface area contributed by atoms with Crippen LogP contribution in [0, 0.1) is 0 Å². The van der Waals surface area contributed by atoms with Gasteiger partial charge in [-0.3, -0.25) is 4.79 Å². The van der Waals surface area contributed by atoms with Gasteiger partial charge in [0.05, 0.1) is 6.04 Å². The van der Waals surface area contributed by atoms with Gasteiger partial charge in [-0.25, -0.2) is 0 Å². The average Bonchev–Trinajstić information content (AvgIpc) is 3.10. The van der Waals surface area contributed by atoms with E-state index in [0.29, 0.717) is 0 Å². The maximum absolute atomic E-state index is 12.2. The second-order valence-electron chi connectivity index (χ2n) is 4.36. The molecule has 2 rings (SSSR count). The third-order valence-corrected chi connectivity index (χ3v) is 4.85. The molecule has 0 fully saturated rings. The number of carbonyl (C=O) groups is 1. The van der Waals surface area contributed by atoms with Crippen molar-refractivity contribution in [3.63, 3.8) is 0 Å². The van der Waals surface area contributed by atoms with Gasteiger partial charge in [-0.2, -0.15) is 0 Å². The van der Waals surface area contributed by atoms with Gasteiger partial charge in [-0.05, 0) is 29.3 Å². The number of nitrogens with two attached hydrogens (primary N) is 1. The van der Waals surface area contributed by atoms with Gasteiger partial charge in [0.25, 0.3) is 0 Å². The zero-order valence-electron chi connectivity index (χ0n) is 10.8. The molecular weight excluding hydrogens is 276 g/mol. The van der Waals surface area contributed by atoms with Crippen LogP contribution in [0.15, 0.2) is 35.0 Å². The van der Waals surface area contributed by atoms with Gasteiger partial charge in [-0.15, -0.1) is 22.7 Å². The van der Waals surface area contributed by atoms with Crippen LogP contribution in [0.3, 0.4) is 0 Å². The second-order valence-corrected chi connectivity index (χ2v) is 6.32. The van der Waals surface area contributed by atoms with Gasteiger partial charge in [-0.1, -0.05) is 25.5 Å². The Kier molecular flexibility index (Phi) is 5.13. The maximum Gasteiger partial charge on any atom is 0.242 e. The molecule has 0 saturated carbocycles. The molecule has 2 atom stereocenters. The fourth-order valence-corrected chi connectivity index (χ4v) is 3.46. The van der Waals surface area contributed by atoms with Crippen molar-refractivity contribution >= 4 is 28.6 Å². The van der Waals surface area contributed by atoms with Gasteiger partial charge in [0.2, 0.25) is 5.91 Å². The number of thiophene rings is 2. The number of hydrogen-bond donors (Lipinski definition) is 2. The molecule has 1 amide bonds. The van der Waals surface area contributed by atoms with Crippen LogP contribution >= 0.6 is 22.7 Å². The minimum Gasteiger partial charge on any atom is -0.347 e. The number of amides is 1. The Morgan fingerprint density at radius 2 is 1.89 bits per heavy atom. The third-order valence-electron chi connectivity index (χ3n) is 2.91. The molecule has 3 nitrogen and oxygen atoms in total. The smallest absolute Gasteiger partial charge is 0.242 e. The Morgan fingerprint density at radius 1 is 1.26 bits per heavy atom. The lowest BCUT2D eigenvalue weighted by molar-refractivity contribution is -0.123. The van der Waals surface area contributed by atoms with Crippen molar-refractivity contribution in [3.8, 4) is 0 Å². The lowest BCUT2D eigenvalue weighted by Gasteiger charge is -2.19. The molecule has 0 bridgehead atoms. The van der Waals surface area contributed by atoms with E-state index in [4.69, 9.17) is 5.73 Å². The van der Waals surface area contributed by atoms with Crippen LogP contribution in [0.2, 0.25) is 0 Å². The van der Waals surface area contributed by atoms with Crippen LogP contribution in [0.4, 0.5) is 0 Å². The molecule has 0 aromatic carbocycles. The topological polar surface area (TPSA) is 55.1 Å². The first-order valence-corrected chi connectivity index (χ1v) is 8.11. The number of nitrogens with one attached hydrogen (secondary N) is 1. The first kappa shape index (κ1) is 14.2. The summed E-state index contributed by atoms with van der Waals surface area (Å²) in [7, 11) is 0. The van der Waals surface area contributed by atoms with Crippen LogP contribution < -0.4 is 11.1 Å². The van der Waals surface area contributed by atoms with Crippen molar-refractivity contribution in [1.29, 1.82) is 0 Å². The average molecular weight is 294 g/mol. The Balaban J connectivity index is 2.03. The van der Waals surface area contributed by atoms with E-state index in [2.05, 4.69) is 18.3 Å². The highest BCUT2D eigenvalue weighted by atomic mass is 32.1. The third kappa shape index (κ3) is 3.65. The molecular formula is C14H18N2OS2. The van der Waals surface area contributed by atoms with Crippen LogP contribution in [0.25, 0.3) is 0 Å². The summed E-state index contributed by atoms with van der Waals surface area (Å²) in [6.07, 6.45) is 1.96. The zero-order chi connectivity index (χ0) is 13.7. The van der Waals surface area contributed by atoms with E-state index in [9.17, 15) is 4.79 Å². The van der Waals surface area contributed by atoms with Gasteiger partial charge < -0.3 is 11.1 Å². The van der Waals surface area contributed by atoms with E-state index in [0.717, 1.165) is 17.7 Å². The number of carbonyl (C=O) groups excluding carboxylic acids is 1. The summed E-state index contributed by atoms with van der Waals surface area (Å²) in [6, 6.07) is 7.38. The summed E-state index contributed by atoms with van der Waals surface area (Å²) < 4.78 is 0. The molecule has 0 aliphatic carbocycles. The highest BCUT2D eigenvalue weighted by Crippen LogP contribution is 2.24. The van der Waals surface area contributed by atoms with Crippen molar-refractivity contribution < 1.29 is 4.79 Å². The molecule has 2 heterocycles. The summed E-state index contributed by atoms with van der Waals surface area (Å²) in [6.45, 7) is 2.12. The molecule has 5 heteroatoms. The predicted octanol–water partition coefficient (Wildman–Crippen LogP) is 3.47. The fourth-order valence-electron chi connectivity index (χ4n) is 1.92. The van der Waals surface area contributed by atoms with Gasteiger partial charge in [0.15, 0.2) is 0 Å². The quantitative estimate of drug-likeness (QED) is 0.857. The van der Waals surface area contributed by atoms with E-state index in [1.54, 1.807) is 11.3 Å². The van der Waals surface area contributed by atoms with E-state index < -0.39 is 6.04 Å². The first-order valence-electron chi connectivity index (χ1n) is 6.35. The normalized spacial score (nSPS) is 14.0. The van der Waals surface area contributed by atoms with E-state index in [-0.39, 0.29) is 11.9 Å². The molecule has 19 heavy (non-hydrogen) atoms. The minimum atomic E-state index is -0.570.